The van der Waals surface area contributed by atoms with Crippen LogP contribution < -0.4 is 11.1 Å². The number of aliphatic imine (C=N–C) groups is 1. The van der Waals surface area contributed by atoms with E-state index in [9.17, 15) is 0 Å². The first-order chi connectivity index (χ1) is 6.66. The molecule has 0 amide bonds. The quantitative estimate of drug-likeness (QED) is 0.366. The van der Waals surface area contributed by atoms with Gasteiger partial charge in [0, 0.05) is 26.8 Å². The van der Waals surface area contributed by atoms with Crippen molar-refractivity contribution in [2.75, 3.05) is 26.8 Å². The van der Waals surface area contributed by atoms with E-state index in [4.69, 9.17) is 10.5 Å². The van der Waals surface area contributed by atoms with Gasteiger partial charge in [0.2, 0.25) is 0 Å². The first-order valence-electron chi connectivity index (χ1n) is 5.19. The molecule has 0 saturated carbocycles. The van der Waals surface area contributed by atoms with Crippen molar-refractivity contribution in [2.45, 2.75) is 26.7 Å². The Bertz CT molecular complexity index is 157. The molecule has 0 atom stereocenters. The van der Waals surface area contributed by atoms with Gasteiger partial charge in [-0.25, -0.2) is 0 Å². The lowest BCUT2D eigenvalue weighted by atomic mass is 10.1. The highest BCUT2D eigenvalue weighted by atomic mass is 16.5. The zero-order valence-electron chi connectivity index (χ0n) is 9.55. The summed E-state index contributed by atoms with van der Waals surface area (Å²) in [6, 6.07) is 0. The summed E-state index contributed by atoms with van der Waals surface area (Å²) >= 11 is 0. The molecular weight excluding hydrogens is 178 g/mol. The molecule has 0 fully saturated rings. The Hall–Kier alpha value is -0.770. The van der Waals surface area contributed by atoms with Crippen LogP contribution in [0.3, 0.4) is 0 Å². The molecule has 0 spiro atoms. The molecule has 0 saturated heterocycles. The standard InChI is InChI=1S/C10H23N3O/c1-9(2)5-7-13-10(11)12-6-4-8-14-3/h9H,4-8H2,1-3H3,(H3,11,12,13). The zero-order chi connectivity index (χ0) is 10.8. The Kier molecular flexibility index (Phi) is 8.33. The van der Waals surface area contributed by atoms with Crippen LogP contribution in [0.4, 0.5) is 0 Å². The van der Waals surface area contributed by atoms with Crippen molar-refractivity contribution < 1.29 is 4.74 Å². The van der Waals surface area contributed by atoms with Gasteiger partial charge in [-0.2, -0.15) is 0 Å². The number of guanidine groups is 1. The van der Waals surface area contributed by atoms with Crippen LogP contribution in [0.2, 0.25) is 0 Å². The van der Waals surface area contributed by atoms with Gasteiger partial charge in [-0.15, -0.1) is 0 Å². The number of methoxy groups -OCH3 is 1. The lowest BCUT2D eigenvalue weighted by molar-refractivity contribution is 0.197. The van der Waals surface area contributed by atoms with Crippen LogP contribution >= 0.6 is 0 Å². The lowest BCUT2D eigenvalue weighted by Crippen LogP contribution is -2.33. The first kappa shape index (κ1) is 13.2. The molecule has 0 radical (unpaired) electrons. The third-order valence-electron chi connectivity index (χ3n) is 1.82. The summed E-state index contributed by atoms with van der Waals surface area (Å²) in [5, 5.41) is 3.08. The average molecular weight is 201 g/mol. The molecule has 4 heteroatoms. The third-order valence-corrected chi connectivity index (χ3v) is 1.82. The summed E-state index contributed by atoms with van der Waals surface area (Å²) < 4.78 is 4.91. The van der Waals surface area contributed by atoms with E-state index in [0.29, 0.717) is 11.9 Å². The van der Waals surface area contributed by atoms with Gasteiger partial charge in [0.1, 0.15) is 0 Å². The second kappa shape index (κ2) is 8.81. The van der Waals surface area contributed by atoms with E-state index in [1.54, 1.807) is 7.11 Å². The normalized spacial score (nSPS) is 12.1. The van der Waals surface area contributed by atoms with Crippen LogP contribution in [0.15, 0.2) is 4.99 Å². The average Bonchev–Trinajstić information content (AvgIpc) is 2.12. The molecular formula is C10H23N3O. The minimum atomic E-state index is 0.543. The summed E-state index contributed by atoms with van der Waals surface area (Å²) in [5.41, 5.74) is 5.64. The molecule has 4 nitrogen and oxygen atoms in total. The maximum atomic E-state index is 5.64. The van der Waals surface area contributed by atoms with Gasteiger partial charge in [-0.1, -0.05) is 13.8 Å². The van der Waals surface area contributed by atoms with Crippen molar-refractivity contribution in [2.24, 2.45) is 16.6 Å². The van der Waals surface area contributed by atoms with Gasteiger partial charge in [-0.3, -0.25) is 4.99 Å². The van der Waals surface area contributed by atoms with Crippen molar-refractivity contribution in [3.8, 4) is 0 Å². The van der Waals surface area contributed by atoms with E-state index < -0.39 is 0 Å². The number of hydrogen-bond acceptors (Lipinski definition) is 2. The lowest BCUT2D eigenvalue weighted by Gasteiger charge is -2.07. The highest BCUT2D eigenvalue weighted by molar-refractivity contribution is 5.77. The highest BCUT2D eigenvalue weighted by Gasteiger charge is 1.94. The fourth-order valence-corrected chi connectivity index (χ4v) is 0.953. The van der Waals surface area contributed by atoms with Gasteiger partial charge in [-0.05, 0) is 18.8 Å². The van der Waals surface area contributed by atoms with Gasteiger partial charge in [0.15, 0.2) is 5.96 Å². The van der Waals surface area contributed by atoms with E-state index in [2.05, 4.69) is 24.2 Å². The SMILES string of the molecule is COCCCN=C(N)NCCC(C)C. The Labute approximate surface area is 86.9 Å². The van der Waals surface area contributed by atoms with E-state index in [1.165, 1.54) is 0 Å². The Morgan fingerprint density at radius 1 is 1.50 bits per heavy atom. The molecule has 0 aromatic heterocycles. The summed E-state index contributed by atoms with van der Waals surface area (Å²) in [6.07, 6.45) is 2.04. The fourth-order valence-electron chi connectivity index (χ4n) is 0.953. The second-order valence-electron chi connectivity index (χ2n) is 3.72. The predicted molar refractivity (Wildman–Crippen MR) is 60.4 cm³/mol. The monoisotopic (exact) mass is 201 g/mol. The van der Waals surface area contributed by atoms with Crippen LogP contribution in [0.1, 0.15) is 26.7 Å². The van der Waals surface area contributed by atoms with Crippen LogP contribution in [-0.2, 0) is 4.74 Å². The van der Waals surface area contributed by atoms with Crippen molar-refractivity contribution in [1.82, 2.24) is 5.32 Å². The predicted octanol–water partition coefficient (Wildman–Crippen LogP) is 0.973. The number of rotatable bonds is 7. The van der Waals surface area contributed by atoms with Crippen molar-refractivity contribution >= 4 is 5.96 Å². The molecule has 0 rings (SSSR count). The summed E-state index contributed by atoms with van der Waals surface area (Å²) in [7, 11) is 1.69. The number of hydrogen-bond donors (Lipinski definition) is 2. The fraction of sp³-hybridized carbons (Fsp3) is 0.900. The van der Waals surface area contributed by atoms with Crippen molar-refractivity contribution in [1.29, 1.82) is 0 Å². The van der Waals surface area contributed by atoms with Crippen LogP contribution in [0.5, 0.6) is 0 Å². The maximum absolute atomic E-state index is 5.64. The maximum Gasteiger partial charge on any atom is 0.188 e. The van der Waals surface area contributed by atoms with Crippen molar-refractivity contribution in [3.05, 3.63) is 0 Å². The topological polar surface area (TPSA) is 59.6 Å². The van der Waals surface area contributed by atoms with Crippen LogP contribution in [0, 0.1) is 5.92 Å². The zero-order valence-corrected chi connectivity index (χ0v) is 9.55. The molecule has 0 aliphatic carbocycles. The number of nitrogens with two attached hydrogens (primary N) is 1. The molecule has 0 heterocycles. The summed E-state index contributed by atoms with van der Waals surface area (Å²) in [5.74, 6) is 1.24. The molecule has 0 aliphatic rings. The smallest absolute Gasteiger partial charge is 0.188 e. The van der Waals surface area contributed by atoms with E-state index >= 15 is 0 Å². The second-order valence-corrected chi connectivity index (χ2v) is 3.72. The Morgan fingerprint density at radius 2 is 2.21 bits per heavy atom. The van der Waals surface area contributed by atoms with Gasteiger partial charge < -0.3 is 15.8 Å². The van der Waals surface area contributed by atoms with E-state index in [-0.39, 0.29) is 0 Å². The van der Waals surface area contributed by atoms with Gasteiger partial charge in [0.05, 0.1) is 0 Å². The van der Waals surface area contributed by atoms with Crippen LogP contribution in [-0.4, -0.2) is 32.8 Å². The van der Waals surface area contributed by atoms with Gasteiger partial charge >= 0.3 is 0 Å². The molecule has 14 heavy (non-hydrogen) atoms. The summed E-state index contributed by atoms with van der Waals surface area (Å²) in [6.45, 7) is 6.75. The molecule has 0 aliphatic heterocycles. The first-order valence-corrected chi connectivity index (χ1v) is 5.19. The number of ether oxygens (including phenoxy) is 1. The molecule has 0 aromatic carbocycles. The van der Waals surface area contributed by atoms with Gasteiger partial charge in [0.25, 0.3) is 0 Å². The molecule has 3 N–H and O–H groups in total. The summed E-state index contributed by atoms with van der Waals surface area (Å²) in [4.78, 5) is 4.16. The van der Waals surface area contributed by atoms with E-state index in [0.717, 1.165) is 32.5 Å². The minimum Gasteiger partial charge on any atom is -0.385 e. The Morgan fingerprint density at radius 3 is 2.79 bits per heavy atom. The van der Waals surface area contributed by atoms with E-state index in [1.807, 2.05) is 0 Å². The largest absolute Gasteiger partial charge is 0.385 e. The molecule has 84 valence electrons. The van der Waals surface area contributed by atoms with Crippen molar-refractivity contribution in [3.63, 3.8) is 0 Å². The molecule has 0 bridgehead atoms. The highest BCUT2D eigenvalue weighted by Crippen LogP contribution is 1.95. The Balaban J connectivity index is 3.37. The minimum absolute atomic E-state index is 0.543. The molecule has 0 aromatic rings. The number of nitrogens with one attached hydrogen (secondary N) is 1. The van der Waals surface area contributed by atoms with Crippen LogP contribution in [0.25, 0.3) is 0 Å². The number of nitrogens with zero attached hydrogens (tertiary/aromatic N) is 1. The molecule has 0 unspecified atom stereocenters. The third kappa shape index (κ3) is 9.32.